The molecule has 7 nitrogen and oxygen atoms in total. The maximum atomic E-state index is 12.1. The maximum absolute atomic E-state index is 12.1. The highest BCUT2D eigenvalue weighted by atomic mass is 32.1. The molecule has 4 heterocycles. The normalized spacial score (nSPS) is 18.7. The molecule has 0 spiro atoms. The van der Waals surface area contributed by atoms with Crippen LogP contribution in [0, 0.1) is 0 Å². The van der Waals surface area contributed by atoms with E-state index in [0.717, 1.165) is 29.6 Å². The van der Waals surface area contributed by atoms with Crippen LogP contribution in [0.5, 0.6) is 0 Å². The average Bonchev–Trinajstić information content (AvgIpc) is 3.24. The largest absolute Gasteiger partial charge is 0.467 e. The van der Waals surface area contributed by atoms with Crippen molar-refractivity contribution in [3.05, 3.63) is 46.3 Å². The van der Waals surface area contributed by atoms with Crippen molar-refractivity contribution in [1.29, 1.82) is 0 Å². The number of furan rings is 1. The van der Waals surface area contributed by atoms with Crippen molar-refractivity contribution in [3.63, 3.8) is 0 Å². The Morgan fingerprint density at radius 1 is 1.48 bits per heavy atom. The first kappa shape index (κ1) is 14.4. The lowest BCUT2D eigenvalue weighted by atomic mass is 10.2. The number of anilines is 1. The van der Waals surface area contributed by atoms with Gasteiger partial charge in [-0.2, -0.15) is 4.52 Å². The molecule has 1 fully saturated rings. The third-order valence-corrected chi connectivity index (χ3v) is 4.82. The van der Waals surface area contributed by atoms with Crippen LogP contribution in [0.1, 0.15) is 24.5 Å². The Morgan fingerprint density at radius 3 is 3.17 bits per heavy atom. The molecule has 1 saturated heterocycles. The fraction of sp³-hybridized carbons (Fsp3) is 0.400. The van der Waals surface area contributed by atoms with Gasteiger partial charge in [-0.3, -0.25) is 4.79 Å². The van der Waals surface area contributed by atoms with Gasteiger partial charge in [-0.1, -0.05) is 18.3 Å². The first-order valence-corrected chi connectivity index (χ1v) is 8.36. The lowest BCUT2D eigenvalue weighted by molar-refractivity contribution is 0.0257. The van der Waals surface area contributed by atoms with Crippen LogP contribution in [-0.4, -0.2) is 34.3 Å². The van der Waals surface area contributed by atoms with E-state index >= 15 is 0 Å². The van der Waals surface area contributed by atoms with Crippen LogP contribution < -0.4 is 10.5 Å². The molecule has 0 radical (unpaired) electrons. The highest BCUT2D eigenvalue weighted by molar-refractivity contribution is 7.20. The number of hydrogen-bond acceptors (Lipinski definition) is 7. The number of aromatic nitrogens is 3. The number of fused-ring (bicyclic) bond motifs is 1. The van der Waals surface area contributed by atoms with Gasteiger partial charge in [0.25, 0.3) is 5.56 Å². The van der Waals surface area contributed by atoms with E-state index in [4.69, 9.17) is 9.15 Å². The molecule has 0 bridgehead atoms. The summed E-state index contributed by atoms with van der Waals surface area (Å²) >= 11 is 1.43. The fourth-order valence-electron chi connectivity index (χ4n) is 2.62. The van der Waals surface area contributed by atoms with Crippen LogP contribution in [0.2, 0.25) is 0 Å². The van der Waals surface area contributed by atoms with Crippen LogP contribution >= 0.6 is 11.3 Å². The molecule has 1 aliphatic heterocycles. The van der Waals surface area contributed by atoms with Gasteiger partial charge in [0, 0.05) is 18.3 Å². The summed E-state index contributed by atoms with van der Waals surface area (Å²) in [5.41, 5.74) is 0.658. The summed E-state index contributed by atoms with van der Waals surface area (Å²) in [5.74, 6) is 0.805. The SMILES string of the molecule is CCc1cc(=O)n2nc(N3CCOC(c4ccco4)C3)sc2n1. The third kappa shape index (κ3) is 2.64. The van der Waals surface area contributed by atoms with Gasteiger partial charge in [0.15, 0.2) is 0 Å². The Hall–Kier alpha value is -2.19. The molecule has 3 aromatic heterocycles. The third-order valence-electron chi connectivity index (χ3n) is 3.85. The highest BCUT2D eigenvalue weighted by Crippen LogP contribution is 2.28. The molecule has 1 aliphatic rings. The van der Waals surface area contributed by atoms with Gasteiger partial charge < -0.3 is 14.1 Å². The lowest BCUT2D eigenvalue weighted by Gasteiger charge is -2.31. The van der Waals surface area contributed by atoms with Crippen LogP contribution in [0.25, 0.3) is 4.96 Å². The van der Waals surface area contributed by atoms with Gasteiger partial charge in [0.05, 0.1) is 19.4 Å². The second-order valence-corrected chi connectivity index (χ2v) is 6.27. The zero-order valence-electron chi connectivity index (χ0n) is 12.6. The van der Waals surface area contributed by atoms with E-state index in [0.29, 0.717) is 18.1 Å². The minimum atomic E-state index is -0.134. The Morgan fingerprint density at radius 2 is 2.39 bits per heavy atom. The molecular formula is C15H16N4O3S. The van der Waals surface area contributed by atoms with Gasteiger partial charge in [-0.05, 0) is 18.6 Å². The zero-order chi connectivity index (χ0) is 15.8. The summed E-state index contributed by atoms with van der Waals surface area (Å²) in [6.45, 7) is 3.94. The molecule has 0 aromatic carbocycles. The van der Waals surface area contributed by atoms with Crippen molar-refractivity contribution in [2.75, 3.05) is 24.6 Å². The van der Waals surface area contributed by atoms with Gasteiger partial charge in [0.2, 0.25) is 10.1 Å². The first-order chi connectivity index (χ1) is 11.2. The minimum Gasteiger partial charge on any atom is -0.467 e. The second kappa shape index (κ2) is 5.78. The number of nitrogens with zero attached hydrogens (tertiary/aromatic N) is 4. The van der Waals surface area contributed by atoms with Gasteiger partial charge in [-0.15, -0.1) is 5.10 Å². The van der Waals surface area contributed by atoms with Crippen LogP contribution in [0.3, 0.4) is 0 Å². The maximum Gasteiger partial charge on any atom is 0.275 e. The van der Waals surface area contributed by atoms with E-state index in [9.17, 15) is 4.79 Å². The highest BCUT2D eigenvalue weighted by Gasteiger charge is 2.26. The lowest BCUT2D eigenvalue weighted by Crippen LogP contribution is -2.38. The van der Waals surface area contributed by atoms with E-state index < -0.39 is 0 Å². The molecule has 23 heavy (non-hydrogen) atoms. The van der Waals surface area contributed by atoms with Crippen LogP contribution in [0.4, 0.5) is 5.13 Å². The number of rotatable bonds is 3. The van der Waals surface area contributed by atoms with E-state index in [1.165, 1.54) is 15.9 Å². The van der Waals surface area contributed by atoms with Crippen molar-refractivity contribution < 1.29 is 9.15 Å². The molecular weight excluding hydrogens is 316 g/mol. The number of morpholine rings is 1. The quantitative estimate of drug-likeness (QED) is 0.729. The summed E-state index contributed by atoms with van der Waals surface area (Å²) in [5, 5.41) is 5.21. The van der Waals surface area contributed by atoms with E-state index in [1.54, 1.807) is 12.3 Å². The number of ether oxygens (including phenoxy) is 1. The smallest absolute Gasteiger partial charge is 0.275 e. The van der Waals surface area contributed by atoms with Crippen molar-refractivity contribution in [2.24, 2.45) is 0 Å². The molecule has 0 amide bonds. The number of aryl methyl sites for hydroxylation is 1. The van der Waals surface area contributed by atoms with Gasteiger partial charge in [-0.25, -0.2) is 4.98 Å². The Bertz CT molecular complexity index is 871. The standard InChI is InChI=1S/C15H16N4O3S/c1-2-10-8-13(20)19-14(16-10)23-15(17-19)18-5-7-22-12(9-18)11-4-3-6-21-11/h3-4,6,8,12H,2,5,7,9H2,1H3. The van der Waals surface area contributed by atoms with Crippen molar-refractivity contribution in [3.8, 4) is 0 Å². The summed E-state index contributed by atoms with van der Waals surface area (Å²) in [6, 6.07) is 5.30. The molecule has 0 N–H and O–H groups in total. The molecule has 1 unspecified atom stereocenters. The Balaban J connectivity index is 1.66. The Kier molecular flexibility index (Phi) is 3.62. The fourth-order valence-corrected chi connectivity index (χ4v) is 3.59. The predicted octanol–water partition coefficient (Wildman–Crippen LogP) is 1.88. The van der Waals surface area contributed by atoms with Crippen LogP contribution in [0.15, 0.2) is 33.7 Å². The monoisotopic (exact) mass is 332 g/mol. The number of hydrogen-bond donors (Lipinski definition) is 0. The van der Waals surface area contributed by atoms with Gasteiger partial charge >= 0.3 is 0 Å². The van der Waals surface area contributed by atoms with E-state index in [2.05, 4.69) is 15.0 Å². The minimum absolute atomic E-state index is 0.123. The summed E-state index contributed by atoms with van der Waals surface area (Å²) in [4.78, 5) is 19.3. The molecule has 0 saturated carbocycles. The zero-order valence-corrected chi connectivity index (χ0v) is 13.5. The van der Waals surface area contributed by atoms with E-state index in [-0.39, 0.29) is 11.7 Å². The molecule has 4 rings (SSSR count). The van der Waals surface area contributed by atoms with Gasteiger partial charge in [0.1, 0.15) is 11.9 Å². The topological polar surface area (TPSA) is 72.9 Å². The van der Waals surface area contributed by atoms with Crippen molar-refractivity contribution in [1.82, 2.24) is 14.6 Å². The van der Waals surface area contributed by atoms with Crippen molar-refractivity contribution in [2.45, 2.75) is 19.4 Å². The first-order valence-electron chi connectivity index (χ1n) is 7.54. The molecule has 3 aromatic rings. The van der Waals surface area contributed by atoms with Crippen molar-refractivity contribution >= 4 is 21.4 Å². The molecule has 0 aliphatic carbocycles. The molecule has 120 valence electrons. The molecule has 8 heteroatoms. The summed E-state index contributed by atoms with van der Waals surface area (Å²) < 4.78 is 12.6. The van der Waals surface area contributed by atoms with Crippen LogP contribution in [-0.2, 0) is 11.2 Å². The Labute approximate surface area is 136 Å². The average molecular weight is 332 g/mol. The predicted molar refractivity (Wildman–Crippen MR) is 86.1 cm³/mol. The summed E-state index contributed by atoms with van der Waals surface area (Å²) in [7, 11) is 0. The second-order valence-electron chi connectivity index (χ2n) is 5.34. The van der Waals surface area contributed by atoms with E-state index in [1.807, 2.05) is 19.1 Å². The summed E-state index contributed by atoms with van der Waals surface area (Å²) in [6.07, 6.45) is 2.25. The molecule has 1 atom stereocenters.